The summed E-state index contributed by atoms with van der Waals surface area (Å²) in [7, 11) is 1.15. The maximum Gasteiger partial charge on any atom is 0.514 e. The van der Waals surface area contributed by atoms with Gasteiger partial charge >= 0.3 is 7.12 Å². The van der Waals surface area contributed by atoms with Crippen molar-refractivity contribution in [1.29, 1.82) is 0 Å². The fraction of sp³-hybridized carbons (Fsp3) is 0.615. The number of nitrogens with zero attached hydrogens (tertiary/aromatic N) is 1. The predicted octanol–water partition coefficient (Wildman–Crippen LogP) is 1.11. The molecule has 0 saturated carbocycles. The summed E-state index contributed by atoms with van der Waals surface area (Å²) in [4.78, 5) is 4.30. The van der Waals surface area contributed by atoms with Crippen molar-refractivity contribution in [2.45, 2.75) is 45.5 Å². The molecule has 1 aromatic heterocycles. The molecule has 0 aliphatic carbocycles. The van der Waals surface area contributed by atoms with E-state index >= 15 is 0 Å². The van der Waals surface area contributed by atoms with Gasteiger partial charge in [-0.05, 0) is 45.4 Å². The topological polar surface area (TPSA) is 66.6 Å². The highest BCUT2D eigenvalue weighted by Gasteiger charge is 2.52. The van der Waals surface area contributed by atoms with E-state index in [-0.39, 0.29) is 11.2 Å². The zero-order valence-corrected chi connectivity index (χ0v) is 12.2. The molecule has 2 heterocycles. The van der Waals surface area contributed by atoms with Crippen LogP contribution in [0, 0.1) is 0 Å². The highest BCUT2D eigenvalue weighted by atomic mass is 16.7. The number of anilines is 1. The third kappa shape index (κ3) is 2.75. The second kappa shape index (κ2) is 4.78. The van der Waals surface area contributed by atoms with Crippen LogP contribution in [0.25, 0.3) is 0 Å². The fourth-order valence-corrected chi connectivity index (χ4v) is 1.97. The molecule has 104 valence electrons. The third-order valence-electron chi connectivity index (χ3n) is 3.73. The van der Waals surface area contributed by atoms with Gasteiger partial charge in [0.05, 0.1) is 23.4 Å². The monoisotopic (exact) mass is 264 g/mol. The zero-order chi connectivity index (χ0) is 14.3. The van der Waals surface area contributed by atoms with E-state index in [1.807, 2.05) is 33.8 Å². The molecule has 19 heavy (non-hydrogen) atoms. The van der Waals surface area contributed by atoms with Gasteiger partial charge in [0.2, 0.25) is 0 Å². The van der Waals surface area contributed by atoms with Gasteiger partial charge in [-0.25, -0.2) is 4.98 Å². The first-order valence-corrected chi connectivity index (χ1v) is 6.36. The van der Waals surface area contributed by atoms with Gasteiger partial charge in [-0.1, -0.05) is 0 Å². The summed E-state index contributed by atoms with van der Waals surface area (Å²) in [5.74, 6) is 0.444. The standard InChI is InChI=1S/C13H21BN2O3/c1-12(2)13(3,4)19-14(18-12)10-6-9(8-17-5)7-11(15)16-10/h6-7H,8H2,1-5H3,(H2,15,16). The third-order valence-corrected chi connectivity index (χ3v) is 3.73. The number of nitrogen functional groups attached to an aromatic ring is 1. The molecule has 0 spiro atoms. The lowest BCUT2D eigenvalue weighted by Crippen LogP contribution is -2.41. The van der Waals surface area contributed by atoms with Crippen LogP contribution >= 0.6 is 0 Å². The highest BCUT2D eigenvalue weighted by molar-refractivity contribution is 6.61. The Morgan fingerprint density at radius 3 is 2.32 bits per heavy atom. The molecular weight excluding hydrogens is 243 g/mol. The quantitative estimate of drug-likeness (QED) is 0.828. The average Bonchev–Trinajstić information content (AvgIpc) is 2.48. The number of hydrogen-bond donors (Lipinski definition) is 1. The van der Waals surface area contributed by atoms with Crippen molar-refractivity contribution in [3.05, 3.63) is 17.7 Å². The van der Waals surface area contributed by atoms with Gasteiger partial charge in [0.15, 0.2) is 0 Å². The second-order valence-electron chi connectivity index (χ2n) is 5.85. The number of pyridine rings is 1. The SMILES string of the molecule is COCc1cc(N)nc(B2OC(C)(C)C(C)(C)O2)c1. The van der Waals surface area contributed by atoms with E-state index in [4.69, 9.17) is 19.8 Å². The average molecular weight is 264 g/mol. The highest BCUT2D eigenvalue weighted by Crippen LogP contribution is 2.36. The summed E-state index contributed by atoms with van der Waals surface area (Å²) in [6, 6.07) is 3.69. The first-order chi connectivity index (χ1) is 8.75. The van der Waals surface area contributed by atoms with Crippen LogP contribution < -0.4 is 11.3 Å². The van der Waals surface area contributed by atoms with Crippen LogP contribution in [-0.2, 0) is 20.7 Å². The van der Waals surface area contributed by atoms with E-state index in [0.717, 1.165) is 5.56 Å². The van der Waals surface area contributed by atoms with Crippen LogP contribution in [0.15, 0.2) is 12.1 Å². The minimum atomic E-state index is -0.496. The molecule has 0 bridgehead atoms. The Morgan fingerprint density at radius 2 is 1.79 bits per heavy atom. The molecule has 2 rings (SSSR count). The van der Waals surface area contributed by atoms with Crippen molar-refractivity contribution in [2.24, 2.45) is 0 Å². The molecule has 5 nitrogen and oxygen atoms in total. The Hall–Kier alpha value is -1.11. The molecule has 0 unspecified atom stereocenters. The van der Waals surface area contributed by atoms with Crippen molar-refractivity contribution in [3.63, 3.8) is 0 Å². The van der Waals surface area contributed by atoms with Crippen LogP contribution in [0.4, 0.5) is 5.82 Å². The lowest BCUT2D eigenvalue weighted by Gasteiger charge is -2.32. The van der Waals surface area contributed by atoms with E-state index in [2.05, 4.69) is 4.98 Å². The first kappa shape index (κ1) is 14.3. The van der Waals surface area contributed by atoms with Crippen molar-refractivity contribution in [1.82, 2.24) is 4.98 Å². The molecule has 1 aliphatic rings. The molecule has 6 heteroatoms. The number of aromatic nitrogens is 1. The first-order valence-electron chi connectivity index (χ1n) is 6.36. The summed E-state index contributed by atoms with van der Waals surface area (Å²) < 4.78 is 17.0. The van der Waals surface area contributed by atoms with E-state index in [1.165, 1.54) is 0 Å². The largest absolute Gasteiger partial charge is 0.514 e. The van der Waals surface area contributed by atoms with Crippen LogP contribution in [0.2, 0.25) is 0 Å². The van der Waals surface area contributed by atoms with Crippen molar-refractivity contribution >= 4 is 18.5 Å². The molecular formula is C13H21BN2O3. The van der Waals surface area contributed by atoms with Crippen LogP contribution in [0.1, 0.15) is 33.3 Å². The van der Waals surface area contributed by atoms with Crippen molar-refractivity contribution in [2.75, 3.05) is 12.8 Å². The predicted molar refractivity (Wildman–Crippen MR) is 75.1 cm³/mol. The zero-order valence-electron chi connectivity index (χ0n) is 12.2. The minimum Gasteiger partial charge on any atom is -0.398 e. The molecule has 1 fully saturated rings. The van der Waals surface area contributed by atoms with Gasteiger partial charge in [-0.15, -0.1) is 0 Å². The maximum absolute atomic E-state index is 5.96. The van der Waals surface area contributed by atoms with E-state index in [0.29, 0.717) is 18.0 Å². The Balaban J connectivity index is 2.29. The number of nitrogens with two attached hydrogens (primary N) is 1. The summed E-state index contributed by atoms with van der Waals surface area (Å²) in [5, 5.41) is 0. The molecule has 0 radical (unpaired) electrons. The van der Waals surface area contributed by atoms with Gasteiger partial charge in [-0.3, -0.25) is 0 Å². The summed E-state index contributed by atoms with van der Waals surface area (Å²) in [6.45, 7) is 8.52. The minimum absolute atomic E-state index is 0.384. The van der Waals surface area contributed by atoms with Crippen LogP contribution in [0.5, 0.6) is 0 Å². The maximum atomic E-state index is 5.96. The van der Waals surface area contributed by atoms with Crippen LogP contribution in [0.3, 0.4) is 0 Å². The van der Waals surface area contributed by atoms with Crippen molar-refractivity contribution in [3.8, 4) is 0 Å². The number of rotatable bonds is 3. The number of hydrogen-bond acceptors (Lipinski definition) is 5. The smallest absolute Gasteiger partial charge is 0.398 e. The molecule has 0 atom stereocenters. The van der Waals surface area contributed by atoms with Crippen LogP contribution in [-0.4, -0.2) is 30.4 Å². The Labute approximate surface area is 114 Å². The van der Waals surface area contributed by atoms with Gasteiger partial charge in [-0.2, -0.15) is 0 Å². The Bertz CT molecular complexity index is 461. The van der Waals surface area contributed by atoms with E-state index in [1.54, 1.807) is 13.2 Å². The molecule has 1 saturated heterocycles. The lowest BCUT2D eigenvalue weighted by atomic mass is 9.83. The Kier molecular flexibility index (Phi) is 3.60. The Morgan fingerprint density at radius 1 is 1.21 bits per heavy atom. The van der Waals surface area contributed by atoms with E-state index < -0.39 is 7.12 Å². The number of methoxy groups -OCH3 is 1. The van der Waals surface area contributed by atoms with Gasteiger partial charge in [0.25, 0.3) is 0 Å². The van der Waals surface area contributed by atoms with Crippen molar-refractivity contribution < 1.29 is 14.0 Å². The molecule has 1 aliphatic heterocycles. The molecule has 0 aromatic carbocycles. The molecule has 0 amide bonds. The lowest BCUT2D eigenvalue weighted by molar-refractivity contribution is 0.00578. The summed E-state index contributed by atoms with van der Waals surface area (Å²) in [5.41, 5.74) is 6.69. The number of ether oxygens (including phenoxy) is 1. The summed E-state index contributed by atoms with van der Waals surface area (Å²) in [6.07, 6.45) is 0. The van der Waals surface area contributed by atoms with Gasteiger partial charge < -0.3 is 19.8 Å². The second-order valence-corrected chi connectivity index (χ2v) is 5.85. The molecule has 2 N–H and O–H groups in total. The van der Waals surface area contributed by atoms with Gasteiger partial charge in [0.1, 0.15) is 5.82 Å². The molecule has 1 aromatic rings. The summed E-state index contributed by atoms with van der Waals surface area (Å²) >= 11 is 0. The fourth-order valence-electron chi connectivity index (χ4n) is 1.97. The van der Waals surface area contributed by atoms with E-state index in [9.17, 15) is 0 Å². The normalized spacial score (nSPS) is 20.8. The van der Waals surface area contributed by atoms with Gasteiger partial charge in [0, 0.05) is 7.11 Å².